The third kappa shape index (κ3) is 3.59. The van der Waals surface area contributed by atoms with Crippen LogP contribution in [0.25, 0.3) is 0 Å². The van der Waals surface area contributed by atoms with Gasteiger partial charge in [-0.05, 0) is 25.5 Å². The summed E-state index contributed by atoms with van der Waals surface area (Å²) in [5.41, 5.74) is 0. The zero-order valence-corrected chi connectivity index (χ0v) is 14.1. The standard InChI is InChI=1S/C14H19ClN4O2S/c1-3-11-9-10-17-19(11)14(16-4-2)18-22(20,21)13-8-6-5-7-12(13)15/h5-8,10-11H,3-4,9H2,1-2H3,(H,16,18). The van der Waals surface area contributed by atoms with E-state index in [4.69, 9.17) is 11.6 Å². The minimum Gasteiger partial charge on any atom is -0.251 e. The Labute approximate surface area is 135 Å². The van der Waals surface area contributed by atoms with Crippen molar-refractivity contribution < 1.29 is 8.42 Å². The van der Waals surface area contributed by atoms with Crippen molar-refractivity contribution >= 4 is 33.8 Å². The molecule has 6 nitrogen and oxygen atoms in total. The van der Waals surface area contributed by atoms with Crippen LogP contribution in [0.2, 0.25) is 5.02 Å². The molecule has 1 aromatic carbocycles. The summed E-state index contributed by atoms with van der Waals surface area (Å²) in [7, 11) is -3.81. The van der Waals surface area contributed by atoms with Crippen LogP contribution in [0.15, 0.2) is 39.3 Å². The lowest BCUT2D eigenvalue weighted by molar-refractivity contribution is 0.344. The molecule has 1 aromatic rings. The number of aliphatic imine (C=N–C) groups is 1. The Hall–Kier alpha value is -1.60. The SMILES string of the molecule is CCN=C(NS(=O)(=O)c1ccccc1Cl)N1N=CCC1CC. The van der Waals surface area contributed by atoms with Gasteiger partial charge in [0.15, 0.2) is 0 Å². The van der Waals surface area contributed by atoms with Crippen LogP contribution < -0.4 is 4.72 Å². The van der Waals surface area contributed by atoms with Crippen molar-refractivity contribution in [3.63, 3.8) is 0 Å². The summed E-state index contributed by atoms with van der Waals surface area (Å²) in [6.07, 6.45) is 3.38. The van der Waals surface area contributed by atoms with E-state index < -0.39 is 10.0 Å². The molecule has 1 aliphatic heterocycles. The highest BCUT2D eigenvalue weighted by Gasteiger charge is 2.28. The van der Waals surface area contributed by atoms with E-state index in [1.54, 1.807) is 23.4 Å². The molecule has 8 heteroatoms. The van der Waals surface area contributed by atoms with Crippen molar-refractivity contribution in [1.82, 2.24) is 9.73 Å². The first-order valence-electron chi connectivity index (χ1n) is 7.13. The Kier molecular flexibility index (Phi) is 5.42. The molecular formula is C14H19ClN4O2S. The number of benzene rings is 1. The molecule has 0 bridgehead atoms. The van der Waals surface area contributed by atoms with E-state index in [1.165, 1.54) is 12.1 Å². The van der Waals surface area contributed by atoms with Crippen molar-refractivity contribution in [2.75, 3.05) is 6.54 Å². The summed E-state index contributed by atoms with van der Waals surface area (Å²) in [6, 6.07) is 6.41. The van der Waals surface area contributed by atoms with Gasteiger partial charge in [0.2, 0.25) is 5.96 Å². The summed E-state index contributed by atoms with van der Waals surface area (Å²) in [6.45, 7) is 4.31. The molecule has 0 spiro atoms. The van der Waals surface area contributed by atoms with Crippen molar-refractivity contribution in [2.45, 2.75) is 37.6 Å². The summed E-state index contributed by atoms with van der Waals surface area (Å²) < 4.78 is 27.6. The summed E-state index contributed by atoms with van der Waals surface area (Å²) in [5, 5.41) is 6.02. The van der Waals surface area contributed by atoms with E-state index in [0.29, 0.717) is 6.54 Å². The van der Waals surface area contributed by atoms with Crippen molar-refractivity contribution in [3.8, 4) is 0 Å². The predicted octanol–water partition coefficient (Wildman–Crippen LogP) is 2.46. The predicted molar refractivity (Wildman–Crippen MR) is 88.8 cm³/mol. The van der Waals surface area contributed by atoms with Gasteiger partial charge in [0.05, 0.1) is 11.1 Å². The molecule has 2 rings (SSSR count). The summed E-state index contributed by atoms with van der Waals surface area (Å²) in [4.78, 5) is 4.26. The zero-order chi connectivity index (χ0) is 16.2. The first-order valence-corrected chi connectivity index (χ1v) is 8.99. The second-order valence-electron chi connectivity index (χ2n) is 4.77. The molecule has 22 heavy (non-hydrogen) atoms. The molecule has 1 N–H and O–H groups in total. The lowest BCUT2D eigenvalue weighted by Crippen LogP contribution is -2.44. The van der Waals surface area contributed by atoms with E-state index >= 15 is 0 Å². The van der Waals surface area contributed by atoms with E-state index in [1.807, 2.05) is 13.8 Å². The Morgan fingerprint density at radius 2 is 2.18 bits per heavy atom. The van der Waals surface area contributed by atoms with Gasteiger partial charge >= 0.3 is 0 Å². The second kappa shape index (κ2) is 7.11. The van der Waals surface area contributed by atoms with Crippen LogP contribution in [0.3, 0.4) is 0 Å². The van der Waals surface area contributed by atoms with Gasteiger partial charge in [-0.25, -0.2) is 18.1 Å². The molecule has 1 atom stereocenters. The number of halogens is 1. The number of hydrogen-bond donors (Lipinski definition) is 1. The summed E-state index contributed by atoms with van der Waals surface area (Å²) >= 11 is 5.98. The zero-order valence-electron chi connectivity index (χ0n) is 12.5. The maximum atomic E-state index is 12.5. The average molecular weight is 343 g/mol. The van der Waals surface area contributed by atoms with Gasteiger partial charge in [0.1, 0.15) is 4.90 Å². The quantitative estimate of drug-likeness (QED) is 0.674. The molecule has 0 saturated heterocycles. The van der Waals surface area contributed by atoms with E-state index in [-0.39, 0.29) is 21.9 Å². The molecule has 0 fully saturated rings. The number of nitrogens with zero attached hydrogens (tertiary/aromatic N) is 3. The molecule has 0 aliphatic carbocycles. The van der Waals surface area contributed by atoms with Crippen LogP contribution in [0, 0.1) is 0 Å². The van der Waals surface area contributed by atoms with Crippen molar-refractivity contribution in [1.29, 1.82) is 0 Å². The molecule has 120 valence electrons. The van der Waals surface area contributed by atoms with Crippen LogP contribution >= 0.6 is 11.6 Å². The molecule has 0 saturated carbocycles. The number of nitrogens with one attached hydrogen (secondary N) is 1. The Morgan fingerprint density at radius 1 is 1.45 bits per heavy atom. The van der Waals surface area contributed by atoms with Gasteiger partial charge in [-0.3, -0.25) is 4.99 Å². The number of hydrogen-bond acceptors (Lipinski definition) is 4. The van der Waals surface area contributed by atoms with E-state index in [0.717, 1.165) is 12.8 Å². The maximum absolute atomic E-state index is 12.5. The smallest absolute Gasteiger partial charge is 0.251 e. The molecule has 0 aromatic heterocycles. The maximum Gasteiger partial charge on any atom is 0.265 e. The van der Waals surface area contributed by atoms with Crippen molar-refractivity contribution in [3.05, 3.63) is 29.3 Å². The highest BCUT2D eigenvalue weighted by atomic mass is 35.5. The fourth-order valence-electron chi connectivity index (χ4n) is 2.16. The third-order valence-electron chi connectivity index (χ3n) is 3.28. The second-order valence-corrected chi connectivity index (χ2v) is 6.83. The van der Waals surface area contributed by atoms with Gasteiger partial charge in [-0.15, -0.1) is 0 Å². The minimum absolute atomic E-state index is 0.0247. The van der Waals surface area contributed by atoms with Gasteiger partial charge in [-0.2, -0.15) is 5.10 Å². The number of hydrazone groups is 1. The van der Waals surface area contributed by atoms with Crippen LogP contribution in [0.1, 0.15) is 26.7 Å². The van der Waals surface area contributed by atoms with E-state index in [9.17, 15) is 8.42 Å². The van der Waals surface area contributed by atoms with Gasteiger partial charge in [0.25, 0.3) is 10.0 Å². The first kappa shape index (κ1) is 16.8. The molecule has 1 unspecified atom stereocenters. The van der Waals surface area contributed by atoms with Crippen LogP contribution in [0.4, 0.5) is 0 Å². The summed E-state index contributed by atoms with van der Waals surface area (Å²) in [5.74, 6) is 0.225. The van der Waals surface area contributed by atoms with Crippen LogP contribution in [-0.4, -0.2) is 38.2 Å². The fourth-order valence-corrected chi connectivity index (χ4v) is 3.69. The third-order valence-corrected chi connectivity index (χ3v) is 5.11. The molecule has 0 radical (unpaired) electrons. The normalized spacial score (nSPS) is 18.8. The lowest BCUT2D eigenvalue weighted by Gasteiger charge is -2.24. The van der Waals surface area contributed by atoms with Crippen LogP contribution in [-0.2, 0) is 10.0 Å². The van der Waals surface area contributed by atoms with E-state index in [2.05, 4.69) is 14.8 Å². The molecule has 1 heterocycles. The van der Waals surface area contributed by atoms with Gasteiger partial charge in [-0.1, -0.05) is 30.7 Å². The monoisotopic (exact) mass is 342 g/mol. The highest BCUT2D eigenvalue weighted by Crippen LogP contribution is 2.21. The number of guanidine groups is 1. The lowest BCUT2D eigenvalue weighted by atomic mass is 10.2. The fraction of sp³-hybridized carbons (Fsp3) is 0.429. The highest BCUT2D eigenvalue weighted by molar-refractivity contribution is 7.90. The molecule has 1 aliphatic rings. The largest absolute Gasteiger partial charge is 0.265 e. The molecular weight excluding hydrogens is 324 g/mol. The Morgan fingerprint density at radius 3 is 2.82 bits per heavy atom. The number of sulfonamides is 1. The first-order chi connectivity index (χ1) is 10.5. The Bertz CT molecular complexity index is 688. The number of rotatable bonds is 4. The topological polar surface area (TPSA) is 74.1 Å². The minimum atomic E-state index is -3.81. The van der Waals surface area contributed by atoms with Crippen LogP contribution in [0.5, 0.6) is 0 Å². The molecule has 0 amide bonds. The average Bonchev–Trinajstić information content (AvgIpc) is 2.95. The Balaban J connectivity index is 2.31. The van der Waals surface area contributed by atoms with Crippen molar-refractivity contribution in [2.24, 2.45) is 10.1 Å². The van der Waals surface area contributed by atoms with Gasteiger partial charge in [0, 0.05) is 19.2 Å². The van der Waals surface area contributed by atoms with Gasteiger partial charge < -0.3 is 0 Å².